The van der Waals surface area contributed by atoms with E-state index in [0.29, 0.717) is 5.75 Å². The molecule has 0 aliphatic heterocycles. The van der Waals surface area contributed by atoms with Crippen molar-refractivity contribution in [1.29, 1.82) is 0 Å². The first kappa shape index (κ1) is 24.3. The molecule has 0 aliphatic carbocycles. The van der Waals surface area contributed by atoms with Gasteiger partial charge in [0.15, 0.2) is 0 Å². The monoisotopic (exact) mass is 407 g/mol. The third kappa shape index (κ3) is 9.82. The zero-order chi connectivity index (χ0) is 22.4. The molecule has 8 heteroatoms. The van der Waals surface area contributed by atoms with Crippen LogP contribution in [0.4, 0.5) is 4.79 Å². The molecule has 0 aromatic heterocycles. The van der Waals surface area contributed by atoms with Crippen molar-refractivity contribution >= 4 is 18.0 Å². The van der Waals surface area contributed by atoms with Crippen molar-refractivity contribution in [3.63, 3.8) is 0 Å². The van der Waals surface area contributed by atoms with Gasteiger partial charge in [0.1, 0.15) is 23.0 Å². The van der Waals surface area contributed by atoms with Crippen molar-refractivity contribution in [3.05, 3.63) is 29.8 Å². The van der Waals surface area contributed by atoms with Crippen molar-refractivity contribution in [2.45, 2.75) is 78.2 Å². The highest BCUT2D eigenvalue weighted by Crippen LogP contribution is 2.19. The molecule has 2 atom stereocenters. The second kappa shape index (κ2) is 9.62. The summed E-state index contributed by atoms with van der Waals surface area (Å²) in [5.41, 5.74) is -0.331. The van der Waals surface area contributed by atoms with E-state index in [2.05, 4.69) is 10.6 Å². The van der Waals surface area contributed by atoms with Gasteiger partial charge in [0.25, 0.3) is 0 Å². The van der Waals surface area contributed by atoms with Crippen LogP contribution in [0.15, 0.2) is 24.3 Å². The van der Waals surface area contributed by atoms with Gasteiger partial charge in [-0.1, -0.05) is 12.1 Å². The van der Waals surface area contributed by atoms with Crippen LogP contribution in [0.1, 0.15) is 54.0 Å². The quantitative estimate of drug-likeness (QED) is 0.708. The van der Waals surface area contributed by atoms with Crippen LogP contribution in [0.2, 0.25) is 0 Å². The van der Waals surface area contributed by atoms with Gasteiger partial charge < -0.3 is 30.0 Å². The summed E-state index contributed by atoms with van der Waals surface area (Å²) in [4.78, 5) is 35.6. The molecule has 2 amide bonds. The number of carbonyl (C=O) groups excluding carboxylic acids is 3. The van der Waals surface area contributed by atoms with Crippen LogP contribution >= 0.6 is 0 Å². The fourth-order valence-corrected chi connectivity index (χ4v) is 2.31. The summed E-state index contributed by atoms with van der Waals surface area (Å²) in [5, 5.41) is 15.7. The van der Waals surface area contributed by atoms with Crippen LogP contribution in [-0.2, 0) is 20.7 Å². The fraction of sp³-hybridized carbons (Fsp3) is 0.571. The third-order valence-corrected chi connectivity index (χ3v) is 3.51. The smallest absolute Gasteiger partial charge is 0.408 e. The van der Waals surface area contributed by atoms with E-state index in [0.717, 1.165) is 5.56 Å². The molecule has 8 nitrogen and oxygen atoms in total. The highest BCUT2D eigenvalue weighted by molar-refractivity contribution is 5.89. The Labute approximate surface area is 172 Å². The topological polar surface area (TPSA) is 117 Å². The number of hydrogen-bond donors (Lipinski definition) is 2. The molecule has 0 aliphatic rings. The Morgan fingerprint density at radius 1 is 0.966 bits per heavy atom. The van der Waals surface area contributed by atoms with E-state index in [1.54, 1.807) is 45.0 Å². The predicted molar refractivity (Wildman–Crippen MR) is 106 cm³/mol. The number of hydrogen-bond acceptors (Lipinski definition) is 6. The van der Waals surface area contributed by atoms with E-state index >= 15 is 0 Å². The lowest BCUT2D eigenvalue weighted by Gasteiger charge is -2.25. The molecule has 1 rings (SSSR count). The zero-order valence-corrected chi connectivity index (χ0v) is 18.1. The van der Waals surface area contributed by atoms with Gasteiger partial charge in [0.05, 0.1) is 12.0 Å². The number of nitrogens with one attached hydrogen (secondary N) is 2. The number of ether oxygens (including phenoxy) is 2. The molecule has 0 saturated heterocycles. The molecule has 0 spiro atoms. The molecule has 1 aromatic rings. The maximum absolute atomic E-state index is 12.5. The van der Waals surface area contributed by atoms with Gasteiger partial charge in [-0.15, -0.1) is 0 Å². The molecular formula is C21H31N2O6-. The van der Waals surface area contributed by atoms with Crippen molar-refractivity contribution in [1.82, 2.24) is 10.6 Å². The second-order valence-electron chi connectivity index (χ2n) is 8.81. The SMILES string of the molecule is C[C@H](NC(=O)[C@H](Cc1ccc(OC(C)(C)C)cc1)NC(=O)OC(C)(C)C)C(=O)[O-]. The van der Waals surface area contributed by atoms with Crippen molar-refractivity contribution in [3.8, 4) is 5.75 Å². The maximum atomic E-state index is 12.5. The van der Waals surface area contributed by atoms with E-state index in [1.165, 1.54) is 6.92 Å². The normalized spacial score (nSPS) is 13.8. The number of benzene rings is 1. The summed E-state index contributed by atoms with van der Waals surface area (Å²) in [7, 11) is 0. The van der Waals surface area contributed by atoms with E-state index in [-0.39, 0.29) is 12.0 Å². The average Bonchev–Trinajstić information content (AvgIpc) is 2.52. The second-order valence-corrected chi connectivity index (χ2v) is 8.81. The van der Waals surface area contributed by atoms with E-state index in [4.69, 9.17) is 9.47 Å². The van der Waals surface area contributed by atoms with Gasteiger partial charge in [0, 0.05) is 6.42 Å². The first-order chi connectivity index (χ1) is 13.2. The fourth-order valence-electron chi connectivity index (χ4n) is 2.31. The lowest BCUT2D eigenvalue weighted by Crippen LogP contribution is -2.54. The summed E-state index contributed by atoms with van der Waals surface area (Å²) < 4.78 is 11.0. The molecule has 0 unspecified atom stereocenters. The highest BCUT2D eigenvalue weighted by Gasteiger charge is 2.26. The van der Waals surface area contributed by atoms with Gasteiger partial charge in [-0.2, -0.15) is 0 Å². The Hall–Kier alpha value is -2.77. The minimum Gasteiger partial charge on any atom is -0.548 e. The summed E-state index contributed by atoms with van der Waals surface area (Å²) in [6.07, 6.45) is -0.632. The van der Waals surface area contributed by atoms with Gasteiger partial charge in [-0.05, 0) is 66.2 Å². The van der Waals surface area contributed by atoms with E-state index < -0.39 is 35.7 Å². The summed E-state index contributed by atoms with van der Waals surface area (Å²) in [5.74, 6) is -1.39. The molecular weight excluding hydrogens is 376 g/mol. The van der Waals surface area contributed by atoms with E-state index in [9.17, 15) is 19.5 Å². The summed E-state index contributed by atoms with van der Waals surface area (Å²) in [6, 6.07) is 4.87. The van der Waals surface area contributed by atoms with Crippen molar-refractivity contribution < 1.29 is 29.0 Å². The number of carbonyl (C=O) groups is 3. The predicted octanol–water partition coefficient (Wildman–Crippen LogP) is 1.55. The van der Waals surface area contributed by atoms with Crippen molar-refractivity contribution in [2.75, 3.05) is 0 Å². The van der Waals surface area contributed by atoms with Gasteiger partial charge in [-0.3, -0.25) is 4.79 Å². The lowest BCUT2D eigenvalue weighted by atomic mass is 10.0. The van der Waals surface area contributed by atoms with Crippen LogP contribution in [0.25, 0.3) is 0 Å². The van der Waals surface area contributed by atoms with Gasteiger partial charge in [-0.25, -0.2) is 4.79 Å². The molecule has 0 fully saturated rings. The lowest BCUT2D eigenvalue weighted by molar-refractivity contribution is -0.307. The minimum absolute atomic E-state index is 0.140. The largest absolute Gasteiger partial charge is 0.548 e. The molecule has 1 aromatic carbocycles. The van der Waals surface area contributed by atoms with E-state index in [1.807, 2.05) is 20.8 Å². The molecule has 162 valence electrons. The maximum Gasteiger partial charge on any atom is 0.408 e. The number of aliphatic carboxylic acids is 1. The Morgan fingerprint density at radius 2 is 1.52 bits per heavy atom. The summed E-state index contributed by atoms with van der Waals surface area (Å²) >= 11 is 0. The Morgan fingerprint density at radius 3 is 1.97 bits per heavy atom. The van der Waals surface area contributed by atoms with Crippen LogP contribution in [0.5, 0.6) is 5.75 Å². The van der Waals surface area contributed by atoms with Crippen molar-refractivity contribution in [2.24, 2.45) is 0 Å². The van der Waals surface area contributed by atoms with Gasteiger partial charge >= 0.3 is 6.09 Å². The third-order valence-electron chi connectivity index (χ3n) is 3.51. The number of alkyl carbamates (subject to hydrolysis) is 1. The summed E-state index contributed by atoms with van der Waals surface area (Å²) in [6.45, 7) is 12.2. The number of carboxylic acids is 1. The molecule has 0 bridgehead atoms. The molecule has 2 N–H and O–H groups in total. The number of carboxylic acid groups (broad SMARTS) is 1. The minimum atomic E-state index is -1.42. The van der Waals surface area contributed by atoms with Gasteiger partial charge in [0.2, 0.25) is 5.91 Å². The van der Waals surface area contributed by atoms with Crippen LogP contribution in [0.3, 0.4) is 0 Å². The zero-order valence-electron chi connectivity index (χ0n) is 18.1. The Kier molecular flexibility index (Phi) is 8.05. The number of amides is 2. The van der Waals surface area contributed by atoms with Crippen LogP contribution < -0.4 is 20.5 Å². The van der Waals surface area contributed by atoms with Crippen LogP contribution in [0, 0.1) is 0 Å². The number of rotatable bonds is 7. The Bertz CT molecular complexity index is 716. The Balaban J connectivity index is 2.93. The molecule has 0 saturated carbocycles. The highest BCUT2D eigenvalue weighted by atomic mass is 16.6. The molecule has 0 radical (unpaired) electrons. The molecule has 0 heterocycles. The molecule has 29 heavy (non-hydrogen) atoms. The standard InChI is InChI=1S/C21H32N2O6/c1-13(18(25)26)22-17(24)16(23-19(27)29-21(5,6)7)12-14-8-10-15(11-9-14)28-20(2,3)4/h8-11,13,16H,12H2,1-7H3,(H,22,24)(H,23,27)(H,25,26)/p-1/t13-,16-/m0/s1. The first-order valence-electron chi connectivity index (χ1n) is 9.45. The van der Waals surface area contributed by atoms with Crippen LogP contribution in [-0.4, -0.2) is 41.3 Å². The first-order valence-corrected chi connectivity index (χ1v) is 9.45. The average molecular weight is 407 g/mol.